The van der Waals surface area contributed by atoms with Gasteiger partial charge in [-0.15, -0.1) is 0 Å². The Balaban J connectivity index is 6.04. The first kappa shape index (κ1) is 41.3. The van der Waals surface area contributed by atoms with E-state index in [1.165, 1.54) is 0 Å². The molecule has 0 aromatic carbocycles. The zero-order valence-corrected chi connectivity index (χ0v) is 31.9. The van der Waals surface area contributed by atoms with Crippen molar-refractivity contribution in [3.05, 3.63) is 0 Å². The molecule has 0 radical (unpaired) electrons. The van der Waals surface area contributed by atoms with E-state index in [4.69, 9.17) is 9.22 Å². The van der Waals surface area contributed by atoms with Crippen molar-refractivity contribution in [2.24, 2.45) is 17.8 Å². The van der Waals surface area contributed by atoms with Crippen molar-refractivity contribution in [3.63, 3.8) is 0 Å². The number of hydrogen-bond donors (Lipinski definition) is 3. The third kappa shape index (κ3) is 18.6. The first-order valence-corrected chi connectivity index (χ1v) is 23.7. The molecule has 10 heteroatoms. The Morgan fingerprint density at radius 3 is 1.02 bits per heavy atom. The first-order chi connectivity index (χ1) is 19.8. The zero-order valence-electron chi connectivity index (χ0n) is 26.4. The summed E-state index contributed by atoms with van der Waals surface area (Å²) in [6, 6.07) is 0. The molecule has 0 bridgehead atoms. The van der Waals surface area contributed by atoms with Crippen LogP contribution in [0.2, 0.25) is 4.44 Å². The van der Waals surface area contributed by atoms with Gasteiger partial charge in [0.05, 0.1) is 0 Å². The quantitative estimate of drug-likeness (QED) is 0.0444. The maximum atomic E-state index is 13.5. The minimum absolute atomic E-state index is 0.285. The molecule has 3 atom stereocenters. The Kier molecular flexibility index (Phi) is 26.8. The van der Waals surface area contributed by atoms with Gasteiger partial charge in [0.2, 0.25) is 0 Å². The van der Waals surface area contributed by atoms with Gasteiger partial charge in [0.1, 0.15) is 0 Å². The Bertz CT molecular complexity index is 613. The van der Waals surface area contributed by atoms with Crippen LogP contribution in [0.25, 0.3) is 0 Å². The molecule has 3 unspecified atom stereocenters. The summed E-state index contributed by atoms with van der Waals surface area (Å²) < 4.78 is 18.7. The number of hydrogen-bond acceptors (Lipinski definition) is 9. The van der Waals surface area contributed by atoms with Crippen LogP contribution in [0, 0.1) is 17.8 Å². The fourth-order valence-electron chi connectivity index (χ4n) is 4.62. The van der Waals surface area contributed by atoms with Crippen LogP contribution < -0.4 is 0 Å². The van der Waals surface area contributed by atoms with Gasteiger partial charge in [-0.2, -0.15) is 0 Å². The summed E-state index contributed by atoms with van der Waals surface area (Å²) in [4.78, 5) is 40.5. The molecule has 0 aliphatic heterocycles. The van der Waals surface area contributed by atoms with E-state index in [1.54, 1.807) is 0 Å². The molecule has 6 nitrogen and oxygen atoms in total. The van der Waals surface area contributed by atoms with Crippen molar-refractivity contribution in [3.8, 4) is 0 Å². The number of unbranched alkanes of at least 4 members (excludes halogenated alkanes) is 10. The van der Waals surface area contributed by atoms with Gasteiger partial charge in [-0.25, -0.2) is 0 Å². The van der Waals surface area contributed by atoms with Crippen LogP contribution in [0.4, 0.5) is 0 Å². The van der Waals surface area contributed by atoms with Crippen molar-refractivity contribution < 1.29 is 23.6 Å². The zero-order chi connectivity index (χ0) is 30.9. The predicted octanol–water partition coefficient (Wildman–Crippen LogP) is 8.90. The van der Waals surface area contributed by atoms with Crippen molar-refractivity contribution in [2.75, 3.05) is 17.3 Å². The second-order valence-electron chi connectivity index (χ2n) is 11.2. The van der Waals surface area contributed by atoms with Gasteiger partial charge in [-0.3, -0.25) is 0 Å². The monoisotopic (exact) mass is 744 g/mol. The average molecular weight is 744 g/mol. The third-order valence-electron chi connectivity index (χ3n) is 7.48. The van der Waals surface area contributed by atoms with E-state index in [2.05, 4.69) is 58.7 Å². The molecule has 0 rings (SSSR count). The van der Waals surface area contributed by atoms with E-state index in [0.717, 1.165) is 83.5 Å². The Morgan fingerprint density at radius 1 is 0.488 bits per heavy atom. The molecule has 0 aromatic rings. The second-order valence-corrected chi connectivity index (χ2v) is 19.4. The van der Waals surface area contributed by atoms with Crippen molar-refractivity contribution in [1.29, 1.82) is 0 Å². The van der Waals surface area contributed by atoms with Crippen LogP contribution in [0.5, 0.6) is 0 Å². The summed E-state index contributed by atoms with van der Waals surface area (Å²) in [6.07, 6.45) is 15.8. The van der Waals surface area contributed by atoms with E-state index < -0.39 is 55.3 Å². The Labute approximate surface area is 273 Å². The third-order valence-corrected chi connectivity index (χ3v) is 15.9. The van der Waals surface area contributed by atoms with Crippen LogP contribution in [-0.2, 0) is 23.6 Å². The van der Waals surface area contributed by atoms with Gasteiger partial charge in [0, 0.05) is 0 Å². The Morgan fingerprint density at radius 2 is 0.780 bits per heavy atom. The van der Waals surface area contributed by atoms with Crippen LogP contribution in [-0.4, -0.2) is 54.8 Å². The van der Waals surface area contributed by atoms with Gasteiger partial charge in [-0.1, -0.05) is 0 Å². The first-order valence-electron chi connectivity index (χ1n) is 16.3. The van der Waals surface area contributed by atoms with Crippen molar-refractivity contribution in [1.82, 2.24) is 0 Å². The molecule has 0 spiro atoms. The van der Waals surface area contributed by atoms with E-state index in [-0.39, 0.29) is 4.44 Å². The van der Waals surface area contributed by atoms with Gasteiger partial charge >= 0.3 is 275 Å². The molecular formula is C31H60O6S3Sn. The normalized spacial score (nSPS) is 15.0. The van der Waals surface area contributed by atoms with Crippen LogP contribution in [0.1, 0.15) is 137 Å². The summed E-state index contributed by atoms with van der Waals surface area (Å²) in [7, 11) is 0. The molecule has 0 aliphatic rings. The van der Waals surface area contributed by atoms with E-state index in [1.807, 2.05) is 6.92 Å². The molecule has 0 heterocycles. The van der Waals surface area contributed by atoms with Crippen LogP contribution >= 0.6 is 37.9 Å². The molecule has 0 aromatic heterocycles. The van der Waals surface area contributed by atoms with Crippen LogP contribution in [0.15, 0.2) is 0 Å². The topological polar surface area (TPSA) is 78.9 Å². The van der Waals surface area contributed by atoms with Gasteiger partial charge in [0.25, 0.3) is 0 Å². The van der Waals surface area contributed by atoms with Gasteiger partial charge in [0.15, 0.2) is 0 Å². The molecule has 41 heavy (non-hydrogen) atoms. The minimum atomic E-state index is -5.05. The fraction of sp³-hybridized carbons (Fsp3) is 0.903. The molecule has 0 saturated carbocycles. The SMILES string of the molecule is CCCCCCC(CS)C(=O)[O][Sn]([CH2]CCC)([O]C(=O)C(CS)CCCCCC)[O]C(=O)C(CS)CCCCCC. The van der Waals surface area contributed by atoms with Crippen molar-refractivity contribution >= 4 is 75.4 Å². The second kappa shape index (κ2) is 26.6. The summed E-state index contributed by atoms with van der Waals surface area (Å²) in [5, 5.41) is 0. The van der Waals surface area contributed by atoms with Crippen LogP contribution in [0.3, 0.4) is 0 Å². The van der Waals surface area contributed by atoms with E-state index >= 15 is 0 Å². The summed E-state index contributed by atoms with van der Waals surface area (Å²) >= 11 is 8.25. The maximum absolute atomic E-state index is 13.5. The van der Waals surface area contributed by atoms with Crippen molar-refractivity contribution in [2.45, 2.75) is 141 Å². The van der Waals surface area contributed by atoms with E-state index in [0.29, 0.717) is 42.9 Å². The standard InChI is InChI=1S/3C9H18O2S.C4H9.Sn/c3*1-2-3-4-5-6-8(7-12)9(10)11;1-3-4-2;/h3*8,12H,2-7H2,1H3,(H,10,11);1,3-4H2,2H3;/q;;;;+3/p-3. The fourth-order valence-corrected chi connectivity index (χ4v) is 13.1. The molecule has 0 N–H and O–H groups in total. The molecule has 0 amide bonds. The number of carbonyl (C=O) groups excluding carboxylic acids is 3. The Hall–Kier alpha value is 0.259. The number of rotatable bonds is 27. The average Bonchev–Trinajstić information content (AvgIpc) is 2.96. The van der Waals surface area contributed by atoms with Gasteiger partial charge in [-0.05, 0) is 0 Å². The van der Waals surface area contributed by atoms with E-state index in [9.17, 15) is 14.4 Å². The summed E-state index contributed by atoms with van der Waals surface area (Å²) in [5.41, 5.74) is 0. The molecular weight excluding hydrogens is 683 g/mol. The predicted molar refractivity (Wildman–Crippen MR) is 182 cm³/mol. The summed E-state index contributed by atoms with van der Waals surface area (Å²) in [5.74, 6) is -1.69. The molecule has 242 valence electrons. The molecule has 0 aliphatic carbocycles. The number of thiol groups is 3. The van der Waals surface area contributed by atoms with Gasteiger partial charge < -0.3 is 0 Å². The molecule has 0 fully saturated rings. The molecule has 0 saturated heterocycles. The number of carbonyl (C=O) groups is 3. The summed E-state index contributed by atoms with van der Waals surface area (Å²) in [6.45, 7) is 8.45.